The molecule has 0 bridgehead atoms. The minimum absolute atomic E-state index is 0.104. The molecule has 2 aromatic carbocycles. The van der Waals surface area contributed by atoms with E-state index in [1.54, 1.807) is 35.2 Å². The number of nitriles is 1. The Morgan fingerprint density at radius 3 is 2.74 bits per heavy atom. The minimum atomic E-state index is -0.139. The van der Waals surface area contributed by atoms with Crippen molar-refractivity contribution in [1.82, 2.24) is 4.90 Å². The quantitative estimate of drug-likeness (QED) is 0.813. The van der Waals surface area contributed by atoms with E-state index in [0.717, 1.165) is 5.56 Å². The number of para-hydroxylation sites is 1. The van der Waals surface area contributed by atoms with Crippen LogP contribution in [0.25, 0.3) is 0 Å². The highest BCUT2D eigenvalue weighted by Gasteiger charge is 2.14. The topological polar surface area (TPSA) is 53.3 Å². The van der Waals surface area contributed by atoms with E-state index < -0.39 is 0 Å². The van der Waals surface area contributed by atoms with Crippen LogP contribution >= 0.6 is 11.6 Å². The van der Waals surface area contributed by atoms with Crippen molar-refractivity contribution < 1.29 is 9.53 Å². The largest absolute Gasteiger partial charge is 0.482 e. The highest BCUT2D eigenvalue weighted by atomic mass is 35.5. The Labute approximate surface area is 140 Å². The van der Waals surface area contributed by atoms with E-state index in [1.165, 1.54) is 0 Å². The molecule has 0 aromatic heterocycles. The van der Waals surface area contributed by atoms with E-state index in [0.29, 0.717) is 29.4 Å². The van der Waals surface area contributed by atoms with Gasteiger partial charge in [0.1, 0.15) is 11.8 Å². The number of halogens is 1. The van der Waals surface area contributed by atoms with Gasteiger partial charge in [-0.15, -0.1) is 0 Å². The maximum Gasteiger partial charge on any atom is 0.260 e. The van der Waals surface area contributed by atoms with Crippen molar-refractivity contribution in [3.05, 3.63) is 64.7 Å². The summed E-state index contributed by atoms with van der Waals surface area (Å²) in [4.78, 5) is 14.0. The van der Waals surface area contributed by atoms with Crippen molar-refractivity contribution in [2.45, 2.75) is 13.5 Å². The number of nitrogens with zero attached hydrogens (tertiary/aromatic N) is 2. The molecule has 0 spiro atoms. The molecule has 0 aliphatic rings. The molecule has 0 radical (unpaired) electrons. The zero-order valence-electron chi connectivity index (χ0n) is 12.8. The number of hydrogen-bond donors (Lipinski definition) is 0. The van der Waals surface area contributed by atoms with Gasteiger partial charge in [-0.25, -0.2) is 0 Å². The Morgan fingerprint density at radius 1 is 1.26 bits per heavy atom. The van der Waals surface area contributed by atoms with E-state index in [1.807, 2.05) is 31.2 Å². The first-order valence-corrected chi connectivity index (χ1v) is 7.66. The lowest BCUT2D eigenvalue weighted by Crippen LogP contribution is -2.34. The maximum atomic E-state index is 12.3. The molecule has 4 nitrogen and oxygen atoms in total. The molecule has 0 fully saturated rings. The van der Waals surface area contributed by atoms with Gasteiger partial charge in [-0.2, -0.15) is 5.26 Å². The first-order chi connectivity index (χ1) is 11.1. The summed E-state index contributed by atoms with van der Waals surface area (Å²) in [6, 6.07) is 16.3. The smallest absolute Gasteiger partial charge is 0.260 e. The first-order valence-electron chi connectivity index (χ1n) is 7.28. The van der Waals surface area contributed by atoms with E-state index in [2.05, 4.69) is 0 Å². The zero-order chi connectivity index (χ0) is 16.7. The minimum Gasteiger partial charge on any atom is -0.482 e. The van der Waals surface area contributed by atoms with Gasteiger partial charge in [0.15, 0.2) is 6.61 Å². The summed E-state index contributed by atoms with van der Waals surface area (Å²) in [5.41, 5.74) is 1.38. The zero-order valence-corrected chi connectivity index (χ0v) is 13.6. The van der Waals surface area contributed by atoms with Crippen molar-refractivity contribution in [3.8, 4) is 11.8 Å². The summed E-state index contributed by atoms with van der Waals surface area (Å²) in [7, 11) is 0. The third kappa shape index (κ3) is 4.73. The van der Waals surface area contributed by atoms with Crippen LogP contribution in [-0.4, -0.2) is 24.0 Å². The summed E-state index contributed by atoms with van der Waals surface area (Å²) in [5, 5.41) is 9.67. The fraction of sp³-hybridized carbons (Fsp3) is 0.222. The molecule has 5 heteroatoms. The van der Waals surface area contributed by atoms with Crippen LogP contribution in [0.1, 0.15) is 18.1 Å². The van der Waals surface area contributed by atoms with Crippen LogP contribution in [0.5, 0.6) is 5.75 Å². The average molecular weight is 329 g/mol. The Kier molecular flexibility index (Phi) is 6.02. The van der Waals surface area contributed by atoms with Gasteiger partial charge in [-0.1, -0.05) is 35.9 Å². The molecular weight excluding hydrogens is 312 g/mol. The number of hydrogen-bond acceptors (Lipinski definition) is 3. The van der Waals surface area contributed by atoms with E-state index in [9.17, 15) is 4.79 Å². The number of rotatable bonds is 6. The Morgan fingerprint density at radius 2 is 2.04 bits per heavy atom. The molecule has 23 heavy (non-hydrogen) atoms. The van der Waals surface area contributed by atoms with Crippen molar-refractivity contribution in [2.24, 2.45) is 0 Å². The number of carbonyl (C=O) groups excluding carboxylic acids is 1. The Hall–Kier alpha value is -2.51. The van der Waals surface area contributed by atoms with Gasteiger partial charge in [0.2, 0.25) is 0 Å². The number of amides is 1. The van der Waals surface area contributed by atoms with Crippen LogP contribution in [0, 0.1) is 11.3 Å². The monoisotopic (exact) mass is 328 g/mol. The molecule has 2 aromatic rings. The van der Waals surface area contributed by atoms with Gasteiger partial charge in [0, 0.05) is 18.1 Å². The van der Waals surface area contributed by atoms with Crippen LogP contribution in [0.2, 0.25) is 5.02 Å². The Bertz CT molecular complexity index is 725. The summed E-state index contributed by atoms with van der Waals surface area (Å²) in [6.45, 7) is 2.84. The molecule has 0 saturated carbocycles. The van der Waals surface area contributed by atoms with Crippen molar-refractivity contribution in [3.63, 3.8) is 0 Å². The van der Waals surface area contributed by atoms with Gasteiger partial charge in [0.05, 0.1) is 5.56 Å². The Balaban J connectivity index is 1.99. The highest BCUT2D eigenvalue weighted by molar-refractivity contribution is 6.30. The fourth-order valence-electron chi connectivity index (χ4n) is 2.15. The lowest BCUT2D eigenvalue weighted by Gasteiger charge is -2.21. The number of ether oxygens (including phenoxy) is 1. The SMILES string of the molecule is CCN(Cc1cccc(Cl)c1)C(=O)COc1ccccc1C#N. The van der Waals surface area contributed by atoms with Gasteiger partial charge in [-0.05, 0) is 36.8 Å². The fourth-order valence-corrected chi connectivity index (χ4v) is 2.36. The van der Waals surface area contributed by atoms with Crippen molar-refractivity contribution in [2.75, 3.05) is 13.2 Å². The molecule has 0 aliphatic carbocycles. The molecule has 0 aliphatic heterocycles. The normalized spacial score (nSPS) is 9.96. The number of likely N-dealkylation sites (N-methyl/N-ethyl adjacent to an activating group) is 1. The molecule has 118 valence electrons. The average Bonchev–Trinajstić information content (AvgIpc) is 2.57. The highest BCUT2D eigenvalue weighted by Crippen LogP contribution is 2.17. The molecule has 0 heterocycles. The lowest BCUT2D eigenvalue weighted by atomic mass is 10.2. The van der Waals surface area contributed by atoms with Crippen LogP contribution < -0.4 is 4.74 Å². The summed E-state index contributed by atoms with van der Waals surface area (Å²) >= 11 is 5.97. The van der Waals surface area contributed by atoms with E-state index in [4.69, 9.17) is 21.6 Å². The third-order valence-corrected chi connectivity index (χ3v) is 3.59. The van der Waals surface area contributed by atoms with E-state index >= 15 is 0 Å². The van der Waals surface area contributed by atoms with Gasteiger partial charge in [0.25, 0.3) is 5.91 Å². The second-order valence-corrected chi connectivity index (χ2v) is 5.37. The predicted molar refractivity (Wildman–Crippen MR) is 89.2 cm³/mol. The van der Waals surface area contributed by atoms with E-state index in [-0.39, 0.29) is 12.5 Å². The van der Waals surface area contributed by atoms with Crippen molar-refractivity contribution >= 4 is 17.5 Å². The van der Waals surface area contributed by atoms with Gasteiger partial charge in [-0.3, -0.25) is 4.79 Å². The second kappa shape index (κ2) is 8.21. The summed E-state index contributed by atoms with van der Waals surface area (Å²) in [6.07, 6.45) is 0. The van der Waals surface area contributed by atoms with Crippen LogP contribution in [0.3, 0.4) is 0 Å². The number of benzene rings is 2. The molecule has 0 atom stereocenters. The molecule has 0 saturated heterocycles. The third-order valence-electron chi connectivity index (χ3n) is 3.36. The maximum absolute atomic E-state index is 12.3. The summed E-state index contributed by atoms with van der Waals surface area (Å²) in [5.74, 6) is 0.280. The van der Waals surface area contributed by atoms with Crippen LogP contribution in [-0.2, 0) is 11.3 Å². The molecule has 1 amide bonds. The van der Waals surface area contributed by atoms with Gasteiger partial charge >= 0.3 is 0 Å². The lowest BCUT2D eigenvalue weighted by molar-refractivity contribution is -0.133. The predicted octanol–water partition coefficient (Wildman–Crippen LogP) is 3.64. The number of carbonyl (C=O) groups is 1. The molecule has 0 unspecified atom stereocenters. The molecular formula is C18H17ClN2O2. The summed E-state index contributed by atoms with van der Waals surface area (Å²) < 4.78 is 5.49. The standard InChI is InChI=1S/C18H17ClN2O2/c1-2-21(12-14-6-5-8-16(19)10-14)18(22)13-23-17-9-4-3-7-15(17)11-20/h3-10H,2,12-13H2,1H3. The first kappa shape index (κ1) is 16.9. The molecule has 0 N–H and O–H groups in total. The molecule has 2 rings (SSSR count). The van der Waals surface area contributed by atoms with Crippen LogP contribution in [0.15, 0.2) is 48.5 Å². The van der Waals surface area contributed by atoms with Gasteiger partial charge < -0.3 is 9.64 Å². The van der Waals surface area contributed by atoms with Crippen LogP contribution in [0.4, 0.5) is 0 Å². The second-order valence-electron chi connectivity index (χ2n) is 4.93. The van der Waals surface area contributed by atoms with Crippen molar-refractivity contribution in [1.29, 1.82) is 5.26 Å².